The molecule has 23 heavy (non-hydrogen) atoms. The zero-order valence-corrected chi connectivity index (χ0v) is 15.3. The second kappa shape index (κ2) is 8.30. The molecule has 1 aromatic rings. The standard InChI is InChI=1S/C14H20Cl2N2O4S/c1-8(2)13(18-23(3,21)22)14(20)17-7-12(19)10-5-4-9(15)6-11(10)16/h4-6,8,12-13,18-19H,7H2,1-3H3,(H,17,20). The zero-order valence-electron chi connectivity index (χ0n) is 13.0. The Balaban J connectivity index is 2.73. The molecular weight excluding hydrogens is 363 g/mol. The maximum atomic E-state index is 12.1. The van der Waals surface area contributed by atoms with Crippen molar-refractivity contribution in [2.45, 2.75) is 26.0 Å². The largest absolute Gasteiger partial charge is 0.387 e. The van der Waals surface area contributed by atoms with E-state index in [4.69, 9.17) is 23.2 Å². The third-order valence-electron chi connectivity index (χ3n) is 3.08. The van der Waals surface area contributed by atoms with Crippen molar-refractivity contribution in [1.29, 1.82) is 0 Å². The fourth-order valence-corrected chi connectivity index (χ4v) is 3.29. The number of hydrogen-bond donors (Lipinski definition) is 3. The lowest BCUT2D eigenvalue weighted by atomic mass is 10.0. The van der Waals surface area contributed by atoms with E-state index in [2.05, 4.69) is 10.0 Å². The van der Waals surface area contributed by atoms with E-state index < -0.39 is 28.1 Å². The van der Waals surface area contributed by atoms with Gasteiger partial charge in [-0.25, -0.2) is 13.1 Å². The van der Waals surface area contributed by atoms with Crippen molar-refractivity contribution in [2.75, 3.05) is 12.8 Å². The summed E-state index contributed by atoms with van der Waals surface area (Å²) in [7, 11) is -3.52. The van der Waals surface area contributed by atoms with Gasteiger partial charge in [-0.1, -0.05) is 43.1 Å². The van der Waals surface area contributed by atoms with Gasteiger partial charge in [-0.2, -0.15) is 0 Å². The average Bonchev–Trinajstić information content (AvgIpc) is 2.40. The van der Waals surface area contributed by atoms with E-state index in [1.54, 1.807) is 26.0 Å². The third-order valence-corrected chi connectivity index (χ3v) is 4.33. The van der Waals surface area contributed by atoms with Crippen molar-refractivity contribution in [1.82, 2.24) is 10.0 Å². The minimum Gasteiger partial charge on any atom is -0.387 e. The van der Waals surface area contributed by atoms with Gasteiger partial charge in [0.25, 0.3) is 0 Å². The highest BCUT2D eigenvalue weighted by molar-refractivity contribution is 7.88. The minimum absolute atomic E-state index is 0.102. The van der Waals surface area contributed by atoms with E-state index in [1.165, 1.54) is 6.07 Å². The molecule has 0 saturated carbocycles. The summed E-state index contributed by atoms with van der Waals surface area (Å²) < 4.78 is 24.9. The van der Waals surface area contributed by atoms with Gasteiger partial charge >= 0.3 is 0 Å². The van der Waals surface area contributed by atoms with Gasteiger partial charge in [-0.15, -0.1) is 0 Å². The van der Waals surface area contributed by atoms with Crippen LogP contribution in [0.4, 0.5) is 0 Å². The normalized spacial score (nSPS) is 14.6. The highest BCUT2D eigenvalue weighted by atomic mass is 35.5. The zero-order chi connectivity index (χ0) is 17.8. The molecule has 0 fully saturated rings. The van der Waals surface area contributed by atoms with Crippen molar-refractivity contribution in [3.05, 3.63) is 33.8 Å². The number of rotatable bonds is 7. The molecule has 0 aliphatic rings. The van der Waals surface area contributed by atoms with Gasteiger partial charge in [0.2, 0.25) is 15.9 Å². The quantitative estimate of drug-likeness (QED) is 0.668. The monoisotopic (exact) mass is 382 g/mol. The number of benzene rings is 1. The number of halogens is 2. The van der Waals surface area contributed by atoms with Crippen LogP contribution < -0.4 is 10.0 Å². The number of sulfonamides is 1. The van der Waals surface area contributed by atoms with E-state index >= 15 is 0 Å². The average molecular weight is 383 g/mol. The summed E-state index contributed by atoms with van der Waals surface area (Å²) in [5.41, 5.74) is 0.425. The second-order valence-electron chi connectivity index (χ2n) is 5.54. The van der Waals surface area contributed by atoms with Gasteiger partial charge < -0.3 is 10.4 Å². The minimum atomic E-state index is -3.52. The maximum absolute atomic E-state index is 12.1. The van der Waals surface area contributed by atoms with Gasteiger partial charge in [0.15, 0.2) is 0 Å². The molecule has 2 atom stereocenters. The summed E-state index contributed by atoms with van der Waals surface area (Å²) in [6, 6.07) is 3.72. The van der Waals surface area contributed by atoms with Crippen molar-refractivity contribution in [3.8, 4) is 0 Å². The Morgan fingerprint density at radius 3 is 2.39 bits per heavy atom. The van der Waals surface area contributed by atoms with Crippen LogP contribution in [0.25, 0.3) is 0 Å². The molecule has 0 aromatic heterocycles. The van der Waals surface area contributed by atoms with E-state index in [1.807, 2.05) is 0 Å². The molecule has 0 spiro atoms. The van der Waals surface area contributed by atoms with Crippen molar-refractivity contribution in [2.24, 2.45) is 5.92 Å². The molecule has 130 valence electrons. The number of carbonyl (C=O) groups is 1. The predicted molar refractivity (Wildman–Crippen MR) is 91.0 cm³/mol. The molecule has 0 bridgehead atoms. The first-order valence-corrected chi connectivity index (χ1v) is 9.54. The predicted octanol–water partition coefficient (Wildman–Crippen LogP) is 1.72. The fraction of sp³-hybridized carbons (Fsp3) is 0.500. The molecule has 1 aromatic carbocycles. The van der Waals surface area contributed by atoms with Crippen LogP contribution in [-0.4, -0.2) is 38.3 Å². The smallest absolute Gasteiger partial charge is 0.238 e. The van der Waals surface area contributed by atoms with Crippen LogP contribution in [0.5, 0.6) is 0 Å². The summed E-state index contributed by atoms with van der Waals surface area (Å²) in [4.78, 5) is 12.1. The maximum Gasteiger partial charge on any atom is 0.238 e. The highest BCUT2D eigenvalue weighted by Crippen LogP contribution is 2.25. The number of aliphatic hydroxyl groups excluding tert-OH is 1. The summed E-state index contributed by atoms with van der Waals surface area (Å²) in [6.45, 7) is 3.33. The topological polar surface area (TPSA) is 95.5 Å². The summed E-state index contributed by atoms with van der Waals surface area (Å²) >= 11 is 11.8. The summed E-state index contributed by atoms with van der Waals surface area (Å²) in [6.07, 6.45) is -0.0485. The Labute approximate surface area is 146 Å². The molecule has 6 nitrogen and oxygen atoms in total. The Kier molecular flexibility index (Phi) is 7.29. The second-order valence-corrected chi connectivity index (χ2v) is 8.16. The number of hydrogen-bond acceptors (Lipinski definition) is 4. The Morgan fingerprint density at radius 1 is 1.30 bits per heavy atom. The van der Waals surface area contributed by atoms with Gasteiger partial charge in [0.05, 0.1) is 12.4 Å². The first-order valence-electron chi connectivity index (χ1n) is 6.89. The molecule has 0 radical (unpaired) electrons. The molecule has 2 unspecified atom stereocenters. The molecule has 0 aliphatic heterocycles. The Morgan fingerprint density at radius 2 is 1.91 bits per heavy atom. The van der Waals surface area contributed by atoms with E-state index in [-0.39, 0.29) is 17.5 Å². The van der Waals surface area contributed by atoms with Crippen LogP contribution in [-0.2, 0) is 14.8 Å². The van der Waals surface area contributed by atoms with Crippen molar-refractivity contribution < 1.29 is 18.3 Å². The lowest BCUT2D eigenvalue weighted by Crippen LogP contribution is -2.50. The van der Waals surface area contributed by atoms with Gasteiger partial charge in [-0.05, 0) is 18.1 Å². The van der Waals surface area contributed by atoms with E-state index in [9.17, 15) is 18.3 Å². The summed E-state index contributed by atoms with van der Waals surface area (Å²) in [5.74, 6) is -0.768. The Bertz CT molecular complexity index is 665. The third kappa shape index (κ3) is 6.64. The molecule has 0 saturated heterocycles. The molecule has 0 aliphatic carbocycles. The first-order chi connectivity index (χ1) is 10.5. The van der Waals surface area contributed by atoms with Crippen LogP contribution >= 0.6 is 23.2 Å². The van der Waals surface area contributed by atoms with Gasteiger partial charge in [0.1, 0.15) is 6.04 Å². The van der Waals surface area contributed by atoms with Crippen LogP contribution in [0, 0.1) is 5.92 Å². The number of aliphatic hydroxyl groups is 1. The molecule has 1 rings (SSSR count). The molecule has 0 heterocycles. The molecule has 1 amide bonds. The molecule has 3 N–H and O–H groups in total. The van der Waals surface area contributed by atoms with Gasteiger partial charge in [0, 0.05) is 22.2 Å². The van der Waals surface area contributed by atoms with Gasteiger partial charge in [-0.3, -0.25) is 4.79 Å². The highest BCUT2D eigenvalue weighted by Gasteiger charge is 2.26. The number of carbonyl (C=O) groups excluding carboxylic acids is 1. The fourth-order valence-electron chi connectivity index (χ4n) is 1.91. The SMILES string of the molecule is CC(C)C(NS(C)(=O)=O)C(=O)NCC(O)c1ccc(Cl)cc1Cl. The lowest BCUT2D eigenvalue weighted by Gasteiger charge is -2.22. The van der Waals surface area contributed by atoms with Crippen LogP contribution in [0.2, 0.25) is 10.0 Å². The van der Waals surface area contributed by atoms with E-state index in [0.29, 0.717) is 10.6 Å². The molecular formula is C14H20Cl2N2O4S. The molecule has 9 heteroatoms. The van der Waals surface area contributed by atoms with Crippen LogP contribution in [0.1, 0.15) is 25.5 Å². The lowest BCUT2D eigenvalue weighted by molar-refractivity contribution is -0.124. The first kappa shape index (κ1) is 20.2. The summed E-state index contributed by atoms with van der Waals surface area (Å²) in [5, 5.41) is 13.4. The van der Waals surface area contributed by atoms with Crippen molar-refractivity contribution >= 4 is 39.1 Å². The van der Waals surface area contributed by atoms with Crippen LogP contribution in [0.15, 0.2) is 18.2 Å². The Hall–Kier alpha value is -0.860. The number of nitrogens with one attached hydrogen (secondary N) is 2. The van der Waals surface area contributed by atoms with Crippen molar-refractivity contribution in [3.63, 3.8) is 0 Å². The van der Waals surface area contributed by atoms with E-state index in [0.717, 1.165) is 6.26 Å². The van der Waals surface area contributed by atoms with Crippen LogP contribution in [0.3, 0.4) is 0 Å². The number of amides is 1.